The number of hydrogen-bond donors (Lipinski definition) is 2. The largest absolute Gasteiger partial charge is 0.508 e. The number of phenols is 1. The Labute approximate surface area is 173 Å². The molecule has 1 aromatic heterocycles. The Morgan fingerprint density at radius 1 is 0.900 bits per heavy atom. The summed E-state index contributed by atoms with van der Waals surface area (Å²) in [5.41, 5.74) is 2.97. The van der Waals surface area contributed by atoms with Crippen molar-refractivity contribution in [1.82, 2.24) is 0 Å². The molecule has 0 spiro atoms. The minimum atomic E-state index is -0.486. The average Bonchev–Trinajstić information content (AvgIpc) is 2.76. The van der Waals surface area contributed by atoms with E-state index in [2.05, 4.69) is 5.32 Å². The molecule has 2 N–H and O–H groups in total. The Morgan fingerprint density at radius 2 is 1.60 bits per heavy atom. The highest BCUT2D eigenvalue weighted by molar-refractivity contribution is 6.00. The topological polar surface area (TPSA) is 80.9 Å². The van der Waals surface area contributed by atoms with Crippen LogP contribution in [0, 0.1) is 6.92 Å². The molecule has 0 bridgehead atoms. The minimum absolute atomic E-state index is 0.167. The molecular weight excluding hydrogens is 382 g/mol. The number of ether oxygens (including phenoxy) is 2. The van der Waals surface area contributed by atoms with Crippen molar-refractivity contribution in [2.75, 3.05) is 19.5 Å². The van der Waals surface area contributed by atoms with Gasteiger partial charge in [0, 0.05) is 23.2 Å². The molecule has 0 amide bonds. The molecule has 3 aromatic carbocycles. The van der Waals surface area contributed by atoms with Crippen molar-refractivity contribution < 1.29 is 19.0 Å². The van der Waals surface area contributed by atoms with Crippen molar-refractivity contribution in [3.05, 3.63) is 76.6 Å². The zero-order valence-electron chi connectivity index (χ0n) is 16.9. The van der Waals surface area contributed by atoms with Gasteiger partial charge >= 0.3 is 5.63 Å². The molecule has 4 rings (SSSR count). The van der Waals surface area contributed by atoms with Crippen molar-refractivity contribution >= 4 is 22.3 Å². The van der Waals surface area contributed by atoms with E-state index in [9.17, 15) is 9.90 Å². The fourth-order valence-corrected chi connectivity index (χ4v) is 3.29. The molecule has 1 heterocycles. The van der Waals surface area contributed by atoms with E-state index in [1.807, 2.05) is 19.1 Å². The fourth-order valence-electron chi connectivity index (χ4n) is 3.29. The molecule has 0 aliphatic heterocycles. The van der Waals surface area contributed by atoms with Gasteiger partial charge in [-0.15, -0.1) is 0 Å². The maximum Gasteiger partial charge on any atom is 0.346 e. The van der Waals surface area contributed by atoms with Crippen LogP contribution < -0.4 is 20.4 Å². The first-order chi connectivity index (χ1) is 14.5. The Bertz CT molecular complexity index is 1280. The molecule has 0 radical (unpaired) electrons. The Morgan fingerprint density at radius 3 is 2.27 bits per heavy atom. The lowest BCUT2D eigenvalue weighted by molar-refractivity contribution is 0.414. The normalized spacial score (nSPS) is 10.8. The van der Waals surface area contributed by atoms with Crippen LogP contribution in [0.4, 0.5) is 11.4 Å². The van der Waals surface area contributed by atoms with Crippen LogP contribution in [0.3, 0.4) is 0 Å². The second kappa shape index (κ2) is 7.83. The first-order valence-corrected chi connectivity index (χ1v) is 9.36. The number of nitrogens with one attached hydrogen (secondary N) is 1. The van der Waals surface area contributed by atoms with Crippen LogP contribution in [0.15, 0.2) is 69.9 Å². The average molecular weight is 403 g/mol. The molecule has 0 atom stereocenters. The van der Waals surface area contributed by atoms with E-state index in [1.54, 1.807) is 62.8 Å². The van der Waals surface area contributed by atoms with Crippen molar-refractivity contribution in [2.24, 2.45) is 0 Å². The van der Waals surface area contributed by atoms with Crippen molar-refractivity contribution in [1.29, 1.82) is 0 Å². The highest BCUT2D eigenvalue weighted by atomic mass is 16.5. The first kappa shape index (κ1) is 19.4. The molecule has 0 unspecified atom stereocenters. The van der Waals surface area contributed by atoms with Gasteiger partial charge < -0.3 is 24.3 Å². The van der Waals surface area contributed by atoms with Gasteiger partial charge in [-0.05, 0) is 48.4 Å². The number of fused-ring (bicyclic) bond motifs is 1. The fraction of sp³-hybridized carbons (Fsp3) is 0.125. The molecule has 0 aliphatic carbocycles. The maximum atomic E-state index is 13.0. The van der Waals surface area contributed by atoms with Crippen LogP contribution >= 0.6 is 0 Å². The third-order valence-corrected chi connectivity index (χ3v) is 4.97. The van der Waals surface area contributed by atoms with E-state index in [1.165, 1.54) is 0 Å². The molecule has 0 fully saturated rings. The van der Waals surface area contributed by atoms with E-state index >= 15 is 0 Å². The number of anilines is 2. The van der Waals surface area contributed by atoms with Gasteiger partial charge in [0.2, 0.25) is 0 Å². The molecule has 0 aliphatic rings. The van der Waals surface area contributed by atoms with Gasteiger partial charge in [-0.1, -0.05) is 18.2 Å². The number of benzene rings is 3. The molecule has 0 saturated carbocycles. The van der Waals surface area contributed by atoms with Crippen LogP contribution in [-0.4, -0.2) is 19.3 Å². The summed E-state index contributed by atoms with van der Waals surface area (Å²) in [6, 6.07) is 17.8. The van der Waals surface area contributed by atoms with Crippen molar-refractivity contribution in [2.45, 2.75) is 6.92 Å². The summed E-state index contributed by atoms with van der Waals surface area (Å²) in [7, 11) is 3.14. The standard InChI is InChI=1S/C24H21NO5/c1-14-4-7-16(12-20(14)26)25-23-19-11-10-18(29-3)13-21(19)30-24(27)22(23)15-5-8-17(28-2)9-6-15/h4-13,25-26H,1-3H3. The smallest absolute Gasteiger partial charge is 0.346 e. The second-order valence-corrected chi connectivity index (χ2v) is 6.86. The molecule has 30 heavy (non-hydrogen) atoms. The van der Waals surface area contributed by atoms with Crippen LogP contribution in [0.1, 0.15) is 5.56 Å². The summed E-state index contributed by atoms with van der Waals surface area (Å²) in [4.78, 5) is 13.0. The summed E-state index contributed by atoms with van der Waals surface area (Å²) in [6.07, 6.45) is 0. The SMILES string of the molecule is COc1ccc(-c2c(Nc3ccc(C)c(O)c3)c3ccc(OC)cc3oc2=O)cc1. The number of methoxy groups -OCH3 is 2. The Hall–Kier alpha value is -3.93. The van der Waals surface area contributed by atoms with Crippen molar-refractivity contribution in [3.8, 4) is 28.4 Å². The zero-order chi connectivity index (χ0) is 21.3. The minimum Gasteiger partial charge on any atom is -0.508 e. The number of rotatable bonds is 5. The molecule has 6 heteroatoms. The Kier molecular flexibility index (Phi) is 5.06. The third-order valence-electron chi connectivity index (χ3n) is 4.97. The van der Waals surface area contributed by atoms with Crippen LogP contribution in [-0.2, 0) is 0 Å². The van der Waals surface area contributed by atoms with Gasteiger partial charge in [-0.25, -0.2) is 4.79 Å². The summed E-state index contributed by atoms with van der Waals surface area (Å²) < 4.78 is 16.1. The first-order valence-electron chi connectivity index (χ1n) is 9.36. The Balaban J connectivity index is 1.96. The van der Waals surface area contributed by atoms with Gasteiger partial charge in [-0.3, -0.25) is 0 Å². The second-order valence-electron chi connectivity index (χ2n) is 6.86. The quantitative estimate of drug-likeness (QED) is 0.444. The number of aryl methyl sites for hydroxylation is 1. The molecule has 0 saturated heterocycles. The molecular formula is C24H21NO5. The van der Waals surface area contributed by atoms with Gasteiger partial charge in [0.15, 0.2) is 0 Å². The lowest BCUT2D eigenvalue weighted by Gasteiger charge is -2.15. The van der Waals surface area contributed by atoms with E-state index < -0.39 is 5.63 Å². The number of phenolic OH excluding ortho intramolecular Hbond substituents is 1. The predicted octanol–water partition coefficient (Wildman–Crippen LogP) is 5.23. The van der Waals surface area contributed by atoms with Crippen LogP contribution in [0.25, 0.3) is 22.1 Å². The van der Waals surface area contributed by atoms with Crippen LogP contribution in [0.2, 0.25) is 0 Å². The van der Waals surface area contributed by atoms with Gasteiger partial charge in [0.05, 0.1) is 25.5 Å². The predicted molar refractivity (Wildman–Crippen MR) is 117 cm³/mol. The number of hydrogen-bond acceptors (Lipinski definition) is 6. The summed E-state index contributed by atoms with van der Waals surface area (Å²) in [6.45, 7) is 1.82. The highest BCUT2D eigenvalue weighted by Gasteiger charge is 2.18. The summed E-state index contributed by atoms with van der Waals surface area (Å²) in [5, 5.41) is 14.1. The monoisotopic (exact) mass is 403 g/mol. The van der Waals surface area contributed by atoms with E-state index in [-0.39, 0.29) is 5.75 Å². The zero-order valence-corrected chi connectivity index (χ0v) is 16.9. The van der Waals surface area contributed by atoms with E-state index in [4.69, 9.17) is 13.9 Å². The summed E-state index contributed by atoms with van der Waals surface area (Å²) in [5.74, 6) is 1.44. The van der Waals surface area contributed by atoms with Gasteiger partial charge in [-0.2, -0.15) is 0 Å². The van der Waals surface area contributed by atoms with E-state index in [0.29, 0.717) is 45.0 Å². The van der Waals surface area contributed by atoms with E-state index in [0.717, 1.165) is 5.56 Å². The van der Waals surface area contributed by atoms with Crippen molar-refractivity contribution in [3.63, 3.8) is 0 Å². The molecule has 4 aromatic rings. The van der Waals surface area contributed by atoms with Gasteiger partial charge in [0.25, 0.3) is 0 Å². The summed E-state index contributed by atoms with van der Waals surface area (Å²) >= 11 is 0. The molecule has 6 nitrogen and oxygen atoms in total. The van der Waals surface area contributed by atoms with Crippen LogP contribution in [0.5, 0.6) is 17.2 Å². The van der Waals surface area contributed by atoms with Gasteiger partial charge in [0.1, 0.15) is 22.8 Å². The number of aromatic hydroxyl groups is 1. The third kappa shape index (κ3) is 3.55. The lowest BCUT2D eigenvalue weighted by atomic mass is 10.0. The maximum absolute atomic E-state index is 13.0. The lowest BCUT2D eigenvalue weighted by Crippen LogP contribution is -2.08. The molecule has 152 valence electrons. The highest BCUT2D eigenvalue weighted by Crippen LogP contribution is 2.37.